The summed E-state index contributed by atoms with van der Waals surface area (Å²) in [5, 5.41) is 2.95. The number of piperazine rings is 1. The highest BCUT2D eigenvalue weighted by Gasteiger charge is 2.15. The molecule has 0 aliphatic carbocycles. The van der Waals surface area contributed by atoms with Gasteiger partial charge in [0.2, 0.25) is 0 Å². The van der Waals surface area contributed by atoms with Crippen molar-refractivity contribution in [2.45, 2.75) is 12.6 Å². The Bertz CT molecular complexity index is 711. The van der Waals surface area contributed by atoms with Crippen molar-refractivity contribution < 1.29 is 4.79 Å². The SMILES string of the molecule is CN1CCN(Cc2cccc(C(=O)NCC(N)c3ccccc3)c2)CC1. The largest absolute Gasteiger partial charge is 0.350 e. The average molecular weight is 352 g/mol. The van der Waals surface area contributed by atoms with Crippen LogP contribution in [0.15, 0.2) is 54.6 Å². The molecule has 0 saturated carbocycles. The van der Waals surface area contributed by atoms with Crippen LogP contribution >= 0.6 is 0 Å². The normalized spacial score (nSPS) is 17.0. The van der Waals surface area contributed by atoms with Gasteiger partial charge in [0.05, 0.1) is 0 Å². The molecule has 1 aliphatic heterocycles. The van der Waals surface area contributed by atoms with Crippen molar-refractivity contribution in [2.75, 3.05) is 39.8 Å². The van der Waals surface area contributed by atoms with E-state index >= 15 is 0 Å². The summed E-state index contributed by atoms with van der Waals surface area (Å²) in [6.45, 7) is 5.64. The first-order valence-corrected chi connectivity index (χ1v) is 9.20. The lowest BCUT2D eigenvalue weighted by Gasteiger charge is -2.32. The minimum absolute atomic E-state index is 0.0726. The highest BCUT2D eigenvalue weighted by atomic mass is 16.1. The molecule has 1 unspecified atom stereocenters. The molecule has 0 radical (unpaired) electrons. The fourth-order valence-electron chi connectivity index (χ4n) is 3.20. The zero-order valence-electron chi connectivity index (χ0n) is 15.4. The number of carbonyl (C=O) groups is 1. The third-order valence-corrected chi connectivity index (χ3v) is 4.90. The van der Waals surface area contributed by atoms with Gasteiger partial charge >= 0.3 is 0 Å². The number of hydrogen-bond acceptors (Lipinski definition) is 4. The van der Waals surface area contributed by atoms with Crippen LogP contribution in [0.25, 0.3) is 0 Å². The molecule has 5 heteroatoms. The molecule has 0 bridgehead atoms. The van der Waals surface area contributed by atoms with Gasteiger partial charge in [0, 0.05) is 50.9 Å². The van der Waals surface area contributed by atoms with Crippen LogP contribution in [-0.2, 0) is 6.54 Å². The van der Waals surface area contributed by atoms with Crippen LogP contribution in [0.1, 0.15) is 27.5 Å². The van der Waals surface area contributed by atoms with E-state index in [1.807, 2.05) is 48.5 Å². The number of benzene rings is 2. The van der Waals surface area contributed by atoms with Crippen LogP contribution in [-0.4, -0.2) is 55.5 Å². The summed E-state index contributed by atoms with van der Waals surface area (Å²) in [5.41, 5.74) is 9.05. The molecule has 5 nitrogen and oxygen atoms in total. The van der Waals surface area contributed by atoms with E-state index in [9.17, 15) is 4.79 Å². The Labute approximate surface area is 155 Å². The first kappa shape index (κ1) is 18.6. The molecule has 0 aromatic heterocycles. The van der Waals surface area contributed by atoms with Crippen molar-refractivity contribution in [3.63, 3.8) is 0 Å². The molecular weight excluding hydrogens is 324 g/mol. The van der Waals surface area contributed by atoms with Gasteiger partial charge in [-0.05, 0) is 30.3 Å². The predicted octanol–water partition coefficient (Wildman–Crippen LogP) is 1.86. The summed E-state index contributed by atoms with van der Waals surface area (Å²) in [7, 11) is 2.16. The van der Waals surface area contributed by atoms with Crippen LogP contribution in [0, 0.1) is 0 Å². The van der Waals surface area contributed by atoms with Gasteiger partial charge in [-0.3, -0.25) is 9.69 Å². The zero-order valence-corrected chi connectivity index (χ0v) is 15.4. The second kappa shape index (κ2) is 8.94. The van der Waals surface area contributed by atoms with Gasteiger partial charge in [-0.2, -0.15) is 0 Å². The molecule has 1 fully saturated rings. The maximum atomic E-state index is 12.5. The Kier molecular flexibility index (Phi) is 6.39. The Balaban J connectivity index is 1.54. The molecule has 1 aliphatic rings. The van der Waals surface area contributed by atoms with Crippen molar-refractivity contribution in [3.8, 4) is 0 Å². The molecule has 3 rings (SSSR count). The standard InChI is InChI=1S/C21H28N4O/c1-24-10-12-25(13-11-24)16-17-6-5-9-19(14-17)21(26)23-15-20(22)18-7-3-2-4-8-18/h2-9,14,20H,10-13,15-16,22H2,1H3,(H,23,26). The van der Waals surface area contributed by atoms with E-state index in [4.69, 9.17) is 5.73 Å². The van der Waals surface area contributed by atoms with E-state index in [0.717, 1.165) is 38.3 Å². The van der Waals surface area contributed by atoms with Gasteiger partial charge in [0.1, 0.15) is 0 Å². The number of likely N-dealkylation sites (N-methyl/N-ethyl adjacent to an activating group) is 1. The summed E-state index contributed by atoms with van der Waals surface area (Å²) >= 11 is 0. The minimum Gasteiger partial charge on any atom is -0.350 e. The van der Waals surface area contributed by atoms with Crippen molar-refractivity contribution in [2.24, 2.45) is 5.73 Å². The zero-order chi connectivity index (χ0) is 18.4. The Morgan fingerprint density at radius 2 is 1.81 bits per heavy atom. The fraction of sp³-hybridized carbons (Fsp3) is 0.381. The number of nitrogens with zero attached hydrogens (tertiary/aromatic N) is 2. The second-order valence-corrected chi connectivity index (χ2v) is 7.01. The number of hydrogen-bond donors (Lipinski definition) is 2. The molecule has 1 saturated heterocycles. The Morgan fingerprint density at radius 3 is 2.54 bits per heavy atom. The van der Waals surface area contributed by atoms with E-state index < -0.39 is 0 Å². The van der Waals surface area contributed by atoms with Gasteiger partial charge in [-0.15, -0.1) is 0 Å². The third-order valence-electron chi connectivity index (χ3n) is 4.90. The number of amides is 1. The van der Waals surface area contributed by atoms with Crippen molar-refractivity contribution >= 4 is 5.91 Å². The summed E-state index contributed by atoms with van der Waals surface area (Å²) in [5.74, 6) is -0.0726. The molecule has 138 valence electrons. The van der Waals surface area contributed by atoms with Crippen molar-refractivity contribution in [1.29, 1.82) is 0 Å². The van der Waals surface area contributed by atoms with Gasteiger partial charge < -0.3 is 16.0 Å². The van der Waals surface area contributed by atoms with E-state index in [1.54, 1.807) is 0 Å². The summed E-state index contributed by atoms with van der Waals surface area (Å²) < 4.78 is 0. The van der Waals surface area contributed by atoms with Gasteiger partial charge in [0.25, 0.3) is 5.91 Å². The molecule has 26 heavy (non-hydrogen) atoms. The topological polar surface area (TPSA) is 61.6 Å². The summed E-state index contributed by atoms with van der Waals surface area (Å²) in [4.78, 5) is 17.3. The Morgan fingerprint density at radius 1 is 1.08 bits per heavy atom. The molecule has 1 amide bonds. The summed E-state index contributed by atoms with van der Waals surface area (Å²) in [6.07, 6.45) is 0. The van der Waals surface area contributed by atoms with Crippen molar-refractivity contribution in [3.05, 3.63) is 71.3 Å². The lowest BCUT2D eigenvalue weighted by Crippen LogP contribution is -2.43. The van der Waals surface area contributed by atoms with Crippen LogP contribution in [0.2, 0.25) is 0 Å². The molecule has 2 aromatic carbocycles. The summed E-state index contributed by atoms with van der Waals surface area (Å²) in [6, 6.07) is 17.5. The molecule has 1 atom stereocenters. The second-order valence-electron chi connectivity index (χ2n) is 7.01. The lowest BCUT2D eigenvalue weighted by molar-refractivity contribution is 0.0951. The van der Waals surface area contributed by atoms with Crippen LogP contribution in [0.3, 0.4) is 0 Å². The fourth-order valence-corrected chi connectivity index (χ4v) is 3.20. The van der Waals surface area contributed by atoms with E-state index in [-0.39, 0.29) is 11.9 Å². The van der Waals surface area contributed by atoms with Crippen LogP contribution in [0.4, 0.5) is 0 Å². The van der Waals surface area contributed by atoms with E-state index in [1.165, 1.54) is 5.56 Å². The lowest BCUT2D eigenvalue weighted by atomic mass is 10.1. The van der Waals surface area contributed by atoms with Gasteiger partial charge in [-0.1, -0.05) is 42.5 Å². The van der Waals surface area contributed by atoms with Crippen LogP contribution in [0.5, 0.6) is 0 Å². The minimum atomic E-state index is -0.200. The van der Waals surface area contributed by atoms with Gasteiger partial charge in [-0.25, -0.2) is 0 Å². The maximum Gasteiger partial charge on any atom is 0.251 e. The predicted molar refractivity (Wildman–Crippen MR) is 105 cm³/mol. The molecular formula is C21H28N4O. The van der Waals surface area contributed by atoms with E-state index in [0.29, 0.717) is 12.1 Å². The molecule has 1 heterocycles. The molecule has 3 N–H and O–H groups in total. The van der Waals surface area contributed by atoms with Crippen molar-refractivity contribution in [1.82, 2.24) is 15.1 Å². The molecule has 0 spiro atoms. The van der Waals surface area contributed by atoms with Gasteiger partial charge in [0.15, 0.2) is 0 Å². The highest BCUT2D eigenvalue weighted by molar-refractivity contribution is 5.94. The smallest absolute Gasteiger partial charge is 0.251 e. The first-order valence-electron chi connectivity index (χ1n) is 9.20. The van der Waals surface area contributed by atoms with Crippen LogP contribution < -0.4 is 11.1 Å². The first-order chi connectivity index (χ1) is 12.6. The monoisotopic (exact) mass is 352 g/mol. The Hall–Kier alpha value is -2.21. The highest BCUT2D eigenvalue weighted by Crippen LogP contribution is 2.12. The quantitative estimate of drug-likeness (QED) is 0.833. The number of rotatable bonds is 6. The number of carbonyl (C=O) groups excluding carboxylic acids is 1. The molecule has 2 aromatic rings. The maximum absolute atomic E-state index is 12.5. The van der Waals surface area contributed by atoms with E-state index in [2.05, 4.69) is 28.2 Å². The number of nitrogens with two attached hydrogens (primary N) is 1. The third kappa shape index (κ3) is 5.14. The average Bonchev–Trinajstić information content (AvgIpc) is 2.68. The number of nitrogens with one attached hydrogen (secondary N) is 1.